The largest absolute Gasteiger partial charge is 0.457 e. The molecule has 0 saturated heterocycles. The highest BCUT2D eigenvalue weighted by Gasteiger charge is 2.30. The lowest BCUT2D eigenvalue weighted by atomic mass is 9.82. The number of halogens is 2. The zero-order valence-corrected chi connectivity index (χ0v) is 21.5. The average Bonchev–Trinajstić information content (AvgIpc) is 2.78. The van der Waals surface area contributed by atoms with Crippen molar-refractivity contribution in [2.75, 3.05) is 31.1 Å². The van der Waals surface area contributed by atoms with Crippen LogP contribution < -0.4 is 9.64 Å². The molecule has 0 radical (unpaired) electrons. The second-order valence-corrected chi connectivity index (χ2v) is 8.86. The molecule has 0 N–H and O–H groups in total. The summed E-state index contributed by atoms with van der Waals surface area (Å²) < 4.78 is 6.53. The first kappa shape index (κ1) is 24.5. The highest BCUT2D eigenvalue weighted by atomic mass is 35.5. The fourth-order valence-electron chi connectivity index (χ4n) is 4.50. The molecule has 1 heterocycles. The molecule has 5 heteroatoms. The molecule has 2 aromatic rings. The Bertz CT molecular complexity index is 1020. The number of nitrogens with zero attached hydrogens (tertiary/aromatic N) is 2. The first-order valence-electron chi connectivity index (χ1n) is 11.5. The summed E-state index contributed by atoms with van der Waals surface area (Å²) in [6, 6.07) is 12.4. The van der Waals surface area contributed by atoms with Gasteiger partial charge in [-0.1, -0.05) is 41.4 Å². The minimum atomic E-state index is -0.0218. The van der Waals surface area contributed by atoms with E-state index in [2.05, 4.69) is 81.7 Å². The molecule has 0 aliphatic carbocycles. The molecule has 0 fully saturated rings. The van der Waals surface area contributed by atoms with Crippen molar-refractivity contribution in [1.29, 1.82) is 0 Å². The number of rotatable bonds is 8. The lowest BCUT2D eigenvalue weighted by Gasteiger charge is -2.32. The van der Waals surface area contributed by atoms with E-state index in [4.69, 9.17) is 27.9 Å². The van der Waals surface area contributed by atoms with Crippen molar-refractivity contribution in [3.05, 3.63) is 80.7 Å². The van der Waals surface area contributed by atoms with Crippen LogP contribution in [-0.2, 0) is 0 Å². The van der Waals surface area contributed by atoms with Crippen LogP contribution in [0.4, 0.5) is 5.69 Å². The van der Waals surface area contributed by atoms with Crippen molar-refractivity contribution in [3.63, 3.8) is 0 Å². The summed E-state index contributed by atoms with van der Waals surface area (Å²) in [4.78, 5) is 4.65. The summed E-state index contributed by atoms with van der Waals surface area (Å²) in [6.07, 6.45) is 2.15. The number of hydrogen-bond donors (Lipinski definition) is 0. The van der Waals surface area contributed by atoms with Crippen LogP contribution in [0.5, 0.6) is 5.75 Å². The highest BCUT2D eigenvalue weighted by Crippen LogP contribution is 2.47. The molecule has 3 nitrogen and oxygen atoms in total. The Kier molecular flexibility index (Phi) is 8.19. The molecule has 1 unspecified atom stereocenters. The number of anilines is 1. The first-order valence-corrected chi connectivity index (χ1v) is 12.3. The summed E-state index contributed by atoms with van der Waals surface area (Å²) in [5, 5.41) is 1.17. The standard InChI is InChI=1S/C27H34Cl2N2O/c1-7-30(8-2)18(5)16-24-19(6)26(22-12-11-13-23(28)27(22)29)21-15-14-20(17-25(21)32-24)31(9-3)10-4/h11-17,26H,7-10H2,1-6H3/b18-16+. The van der Waals surface area contributed by atoms with Gasteiger partial charge >= 0.3 is 0 Å². The van der Waals surface area contributed by atoms with E-state index >= 15 is 0 Å². The maximum Gasteiger partial charge on any atom is 0.133 e. The third-order valence-corrected chi connectivity index (χ3v) is 7.21. The predicted molar refractivity (Wildman–Crippen MR) is 138 cm³/mol. The Morgan fingerprint density at radius 3 is 2.28 bits per heavy atom. The van der Waals surface area contributed by atoms with Gasteiger partial charge in [-0.15, -0.1) is 0 Å². The number of ether oxygens (including phenoxy) is 1. The van der Waals surface area contributed by atoms with Gasteiger partial charge in [0.25, 0.3) is 0 Å². The van der Waals surface area contributed by atoms with Gasteiger partial charge in [0, 0.05) is 55.1 Å². The van der Waals surface area contributed by atoms with Crippen molar-refractivity contribution < 1.29 is 4.74 Å². The van der Waals surface area contributed by atoms with E-state index < -0.39 is 0 Å². The molecule has 1 aliphatic heterocycles. The molecule has 0 spiro atoms. The summed E-state index contributed by atoms with van der Waals surface area (Å²) in [5.41, 5.74) is 5.59. The summed E-state index contributed by atoms with van der Waals surface area (Å²) in [6.45, 7) is 16.8. The molecule has 0 bridgehead atoms. The molecule has 0 amide bonds. The molecule has 1 atom stereocenters. The van der Waals surface area contributed by atoms with E-state index in [0.717, 1.165) is 60.1 Å². The fourth-order valence-corrected chi connectivity index (χ4v) is 4.92. The SMILES string of the molecule is CCN(CC)/C(C)=C/C1=C(C)C(c2cccc(Cl)c2Cl)c2ccc(N(CC)CC)cc2O1. The molecular formula is C27H34Cl2N2O. The third kappa shape index (κ3) is 4.79. The highest BCUT2D eigenvalue weighted by molar-refractivity contribution is 6.42. The molecule has 3 rings (SSSR count). The quantitative estimate of drug-likeness (QED) is 0.388. The van der Waals surface area contributed by atoms with Crippen molar-refractivity contribution in [1.82, 2.24) is 4.90 Å². The van der Waals surface area contributed by atoms with Crippen molar-refractivity contribution >= 4 is 28.9 Å². The Morgan fingerprint density at radius 2 is 1.66 bits per heavy atom. The van der Waals surface area contributed by atoms with Gasteiger partial charge in [-0.3, -0.25) is 0 Å². The van der Waals surface area contributed by atoms with Crippen LogP contribution in [0.15, 0.2) is 59.5 Å². The van der Waals surface area contributed by atoms with Crippen molar-refractivity contribution in [3.8, 4) is 5.75 Å². The second kappa shape index (κ2) is 10.7. The second-order valence-electron chi connectivity index (χ2n) is 8.08. The number of benzene rings is 2. The minimum absolute atomic E-state index is 0.0218. The average molecular weight is 473 g/mol. The molecule has 0 saturated carbocycles. The van der Waals surface area contributed by atoms with E-state index in [1.807, 2.05) is 12.1 Å². The summed E-state index contributed by atoms with van der Waals surface area (Å²) in [5.74, 6) is 1.73. The van der Waals surface area contributed by atoms with Crippen LogP contribution in [0.1, 0.15) is 58.6 Å². The van der Waals surface area contributed by atoms with Gasteiger partial charge in [0.15, 0.2) is 0 Å². The van der Waals surface area contributed by atoms with E-state index in [1.54, 1.807) is 0 Å². The van der Waals surface area contributed by atoms with Gasteiger partial charge in [0.1, 0.15) is 11.5 Å². The molecular weight excluding hydrogens is 439 g/mol. The smallest absolute Gasteiger partial charge is 0.133 e. The summed E-state index contributed by atoms with van der Waals surface area (Å²) in [7, 11) is 0. The van der Waals surface area contributed by atoms with Crippen molar-refractivity contribution in [2.24, 2.45) is 0 Å². The van der Waals surface area contributed by atoms with Gasteiger partial charge in [-0.2, -0.15) is 0 Å². The van der Waals surface area contributed by atoms with Crippen LogP contribution in [0, 0.1) is 0 Å². The van der Waals surface area contributed by atoms with E-state index in [-0.39, 0.29) is 5.92 Å². The molecule has 1 aliphatic rings. The summed E-state index contributed by atoms with van der Waals surface area (Å²) >= 11 is 13.1. The van der Waals surface area contributed by atoms with E-state index in [1.165, 1.54) is 5.70 Å². The normalized spacial score (nSPS) is 16.0. The number of fused-ring (bicyclic) bond motifs is 1. The Balaban J connectivity index is 2.20. The number of allylic oxidation sites excluding steroid dienone is 3. The molecule has 172 valence electrons. The van der Waals surface area contributed by atoms with E-state index in [0.29, 0.717) is 10.0 Å². The zero-order valence-electron chi connectivity index (χ0n) is 20.0. The number of hydrogen-bond acceptors (Lipinski definition) is 3. The zero-order chi connectivity index (χ0) is 23.4. The lowest BCUT2D eigenvalue weighted by molar-refractivity contribution is 0.372. The first-order chi connectivity index (χ1) is 15.4. The fraction of sp³-hybridized carbons (Fsp3) is 0.407. The topological polar surface area (TPSA) is 15.7 Å². The maximum absolute atomic E-state index is 6.71. The van der Waals surface area contributed by atoms with Gasteiger partial charge in [-0.05, 0) is 70.9 Å². The van der Waals surface area contributed by atoms with Gasteiger partial charge < -0.3 is 14.5 Å². The Labute approximate surface area is 203 Å². The minimum Gasteiger partial charge on any atom is -0.457 e. The third-order valence-electron chi connectivity index (χ3n) is 6.37. The Morgan fingerprint density at radius 1 is 0.969 bits per heavy atom. The monoisotopic (exact) mass is 472 g/mol. The van der Waals surface area contributed by atoms with Crippen LogP contribution in [-0.4, -0.2) is 31.1 Å². The van der Waals surface area contributed by atoms with Crippen molar-refractivity contribution in [2.45, 2.75) is 47.5 Å². The van der Waals surface area contributed by atoms with Crippen LogP contribution in [0.3, 0.4) is 0 Å². The van der Waals surface area contributed by atoms with Crippen LogP contribution in [0.25, 0.3) is 0 Å². The van der Waals surface area contributed by atoms with Gasteiger partial charge in [0.05, 0.1) is 10.0 Å². The van der Waals surface area contributed by atoms with Gasteiger partial charge in [-0.25, -0.2) is 0 Å². The molecule has 32 heavy (non-hydrogen) atoms. The molecule has 0 aromatic heterocycles. The lowest BCUT2D eigenvalue weighted by Crippen LogP contribution is -2.23. The predicted octanol–water partition coefficient (Wildman–Crippen LogP) is 7.88. The maximum atomic E-state index is 6.71. The van der Waals surface area contributed by atoms with Crippen LogP contribution >= 0.6 is 23.2 Å². The molecule has 2 aromatic carbocycles. The van der Waals surface area contributed by atoms with Gasteiger partial charge in [0.2, 0.25) is 0 Å². The Hall–Kier alpha value is -2.10. The van der Waals surface area contributed by atoms with Crippen LogP contribution in [0.2, 0.25) is 10.0 Å². The van der Waals surface area contributed by atoms with E-state index in [9.17, 15) is 0 Å².